The fourth-order valence-electron chi connectivity index (χ4n) is 5.53. The molecule has 0 spiro atoms. The van der Waals surface area contributed by atoms with Crippen LogP contribution in [-0.4, -0.2) is 68.8 Å². The third-order valence-corrected chi connectivity index (χ3v) is 9.65. The highest BCUT2D eigenvalue weighted by molar-refractivity contribution is 8.00. The van der Waals surface area contributed by atoms with Gasteiger partial charge in [0.25, 0.3) is 11.8 Å². The lowest BCUT2D eigenvalue weighted by atomic mass is 9.96. The number of nitrogens with zero attached hydrogens (tertiary/aromatic N) is 1. The Morgan fingerprint density at radius 2 is 1.66 bits per heavy atom. The maximum atomic E-state index is 14.0. The Bertz CT molecular complexity index is 1500. The number of amides is 3. The van der Waals surface area contributed by atoms with Gasteiger partial charge in [-0.15, -0.1) is 11.8 Å². The van der Waals surface area contributed by atoms with E-state index in [1.807, 2.05) is 45.9 Å². The molecule has 0 aromatic heterocycles. The first kappa shape index (κ1) is 32.9. The average molecular weight is 620 g/mol. The number of aliphatic hydroxyl groups excluding tert-OH is 1. The molecule has 0 radical (unpaired) electrons. The third-order valence-electron chi connectivity index (χ3n) is 8.28. The molecule has 1 heterocycles. The predicted molar refractivity (Wildman–Crippen MR) is 172 cm³/mol. The summed E-state index contributed by atoms with van der Waals surface area (Å²) in [5.41, 5.74) is 4.51. The monoisotopic (exact) mass is 619 g/mol. The molecule has 1 aliphatic heterocycles. The third kappa shape index (κ3) is 7.19. The fourth-order valence-corrected chi connectivity index (χ4v) is 6.67. The standard InChI is InChI=1S/C34H41N3O6S/c1-20-9-7-10-21(2)26(20)18-35-32(41)30-34(4,5)44-19-37(30)33(42)29(39)27(17-23-13-15-24(43-6)16-14-23)36-31(40)25-11-8-12-28(38)22(25)3/h7-16,27,29-30,38-39H,17-19H2,1-6H3,(H,35,41)(H,36,40)/t27-,29-,30+/m0/s1. The lowest BCUT2D eigenvalue weighted by molar-refractivity contribution is -0.147. The van der Waals surface area contributed by atoms with Crippen LogP contribution in [0.2, 0.25) is 0 Å². The Labute approximate surface area is 263 Å². The Hall–Kier alpha value is -4.02. The van der Waals surface area contributed by atoms with Crippen molar-refractivity contribution in [3.63, 3.8) is 0 Å². The highest BCUT2D eigenvalue weighted by Crippen LogP contribution is 2.40. The van der Waals surface area contributed by atoms with Gasteiger partial charge in [0.05, 0.1) is 19.0 Å². The van der Waals surface area contributed by atoms with Gasteiger partial charge in [0.2, 0.25) is 5.91 Å². The maximum Gasteiger partial charge on any atom is 0.254 e. The first-order valence-corrected chi connectivity index (χ1v) is 15.5. The Kier molecular flexibility index (Phi) is 10.3. The van der Waals surface area contributed by atoms with Gasteiger partial charge in [0.1, 0.15) is 17.5 Å². The molecule has 1 fully saturated rings. The zero-order valence-corrected chi connectivity index (χ0v) is 26.8. The Balaban J connectivity index is 1.58. The predicted octanol–water partition coefficient (Wildman–Crippen LogP) is 4.02. The highest BCUT2D eigenvalue weighted by Gasteiger charge is 2.49. The molecule has 3 atom stereocenters. The van der Waals surface area contributed by atoms with Gasteiger partial charge in [-0.1, -0.05) is 36.4 Å². The molecule has 0 saturated carbocycles. The number of hydrogen-bond donors (Lipinski definition) is 4. The number of aryl methyl sites for hydroxylation is 2. The van der Waals surface area contributed by atoms with E-state index in [-0.39, 0.29) is 29.5 Å². The van der Waals surface area contributed by atoms with Gasteiger partial charge >= 0.3 is 0 Å². The normalized spacial score (nSPS) is 17.1. The molecule has 10 heteroatoms. The number of aliphatic hydroxyl groups is 1. The van der Waals surface area contributed by atoms with E-state index in [2.05, 4.69) is 10.6 Å². The SMILES string of the molecule is COc1ccc(C[C@H](NC(=O)c2cccc(O)c2C)[C@H](O)C(=O)N2CSC(C)(C)[C@H]2C(=O)NCc2c(C)cccc2C)cc1. The summed E-state index contributed by atoms with van der Waals surface area (Å²) in [4.78, 5) is 42.4. The molecule has 3 aromatic rings. The van der Waals surface area contributed by atoms with Crippen LogP contribution in [0.4, 0.5) is 0 Å². The minimum absolute atomic E-state index is 0.0351. The Morgan fingerprint density at radius 3 is 2.30 bits per heavy atom. The molecule has 3 amide bonds. The largest absolute Gasteiger partial charge is 0.508 e. The molecular weight excluding hydrogens is 578 g/mol. The molecule has 0 unspecified atom stereocenters. The molecular formula is C34H41N3O6S. The van der Waals surface area contributed by atoms with E-state index < -0.39 is 34.7 Å². The number of thioether (sulfide) groups is 1. The smallest absolute Gasteiger partial charge is 0.254 e. The number of ether oxygens (including phenoxy) is 1. The number of aromatic hydroxyl groups is 1. The van der Waals surface area contributed by atoms with Gasteiger partial charge < -0.3 is 30.5 Å². The van der Waals surface area contributed by atoms with Gasteiger partial charge in [-0.2, -0.15) is 0 Å². The van der Waals surface area contributed by atoms with Crippen LogP contribution in [-0.2, 0) is 22.6 Å². The molecule has 0 bridgehead atoms. The van der Waals surface area contributed by atoms with Crippen molar-refractivity contribution in [2.45, 2.75) is 70.5 Å². The summed E-state index contributed by atoms with van der Waals surface area (Å²) in [6, 6.07) is 15.8. The molecule has 1 saturated heterocycles. The van der Waals surface area contributed by atoms with Gasteiger partial charge in [-0.3, -0.25) is 14.4 Å². The molecule has 9 nitrogen and oxygen atoms in total. The van der Waals surface area contributed by atoms with E-state index >= 15 is 0 Å². The number of phenolic OH excluding ortho intramolecular Hbond substituents is 1. The van der Waals surface area contributed by atoms with Gasteiger partial charge in [-0.05, 0) is 87.6 Å². The second-order valence-electron chi connectivity index (χ2n) is 11.7. The highest BCUT2D eigenvalue weighted by atomic mass is 32.2. The van der Waals surface area contributed by atoms with Crippen LogP contribution in [0.5, 0.6) is 11.5 Å². The van der Waals surface area contributed by atoms with Crippen LogP contribution in [0.15, 0.2) is 60.7 Å². The summed E-state index contributed by atoms with van der Waals surface area (Å²) in [6.07, 6.45) is -1.52. The van der Waals surface area contributed by atoms with Crippen molar-refractivity contribution in [1.29, 1.82) is 0 Å². The number of carbonyl (C=O) groups excluding carboxylic acids is 3. The van der Waals surface area contributed by atoms with Crippen LogP contribution in [0.3, 0.4) is 0 Å². The summed E-state index contributed by atoms with van der Waals surface area (Å²) >= 11 is 1.46. The van der Waals surface area contributed by atoms with Crippen LogP contribution >= 0.6 is 11.8 Å². The summed E-state index contributed by atoms with van der Waals surface area (Å²) in [5, 5.41) is 27.5. The van der Waals surface area contributed by atoms with Crippen LogP contribution < -0.4 is 15.4 Å². The first-order chi connectivity index (χ1) is 20.8. The van der Waals surface area contributed by atoms with Crippen molar-refractivity contribution >= 4 is 29.5 Å². The number of benzene rings is 3. The van der Waals surface area contributed by atoms with Crippen LogP contribution in [0.1, 0.15) is 52.0 Å². The number of methoxy groups -OCH3 is 1. The van der Waals surface area contributed by atoms with Gasteiger partial charge in [0.15, 0.2) is 6.10 Å². The molecule has 3 aromatic carbocycles. The van der Waals surface area contributed by atoms with Gasteiger partial charge in [0, 0.05) is 22.4 Å². The zero-order chi connectivity index (χ0) is 32.2. The summed E-state index contributed by atoms with van der Waals surface area (Å²) in [7, 11) is 1.56. The quantitative estimate of drug-likeness (QED) is 0.270. The zero-order valence-electron chi connectivity index (χ0n) is 26.0. The molecule has 234 valence electrons. The first-order valence-electron chi connectivity index (χ1n) is 14.5. The van der Waals surface area contributed by atoms with E-state index in [1.165, 1.54) is 22.7 Å². The van der Waals surface area contributed by atoms with Crippen molar-refractivity contribution in [2.75, 3.05) is 13.0 Å². The van der Waals surface area contributed by atoms with Gasteiger partial charge in [-0.25, -0.2) is 0 Å². The van der Waals surface area contributed by atoms with E-state index in [1.54, 1.807) is 50.4 Å². The van der Waals surface area contributed by atoms with Crippen molar-refractivity contribution in [2.24, 2.45) is 0 Å². The number of hydrogen-bond acceptors (Lipinski definition) is 7. The molecule has 0 aliphatic carbocycles. The van der Waals surface area contributed by atoms with Crippen LogP contribution in [0, 0.1) is 20.8 Å². The van der Waals surface area contributed by atoms with E-state index in [0.29, 0.717) is 17.9 Å². The summed E-state index contributed by atoms with van der Waals surface area (Å²) in [6.45, 7) is 9.73. The molecule has 44 heavy (non-hydrogen) atoms. The average Bonchev–Trinajstić information content (AvgIpc) is 3.32. The van der Waals surface area contributed by atoms with Crippen molar-refractivity contribution in [3.05, 3.63) is 94.0 Å². The number of carbonyl (C=O) groups is 3. The topological polar surface area (TPSA) is 128 Å². The van der Waals surface area contributed by atoms with E-state index in [0.717, 1.165) is 22.3 Å². The maximum absolute atomic E-state index is 14.0. The lowest BCUT2D eigenvalue weighted by Gasteiger charge is -2.33. The molecule has 1 aliphatic rings. The molecule has 4 N–H and O–H groups in total. The fraction of sp³-hybridized carbons (Fsp3) is 0.382. The summed E-state index contributed by atoms with van der Waals surface area (Å²) in [5.74, 6) is -0.683. The molecule has 4 rings (SSSR count). The number of rotatable bonds is 10. The van der Waals surface area contributed by atoms with E-state index in [4.69, 9.17) is 4.74 Å². The number of nitrogens with one attached hydrogen (secondary N) is 2. The van der Waals surface area contributed by atoms with E-state index in [9.17, 15) is 24.6 Å². The second kappa shape index (κ2) is 13.7. The summed E-state index contributed by atoms with van der Waals surface area (Å²) < 4.78 is 4.63. The minimum Gasteiger partial charge on any atom is -0.508 e. The minimum atomic E-state index is -1.65. The van der Waals surface area contributed by atoms with Crippen molar-refractivity contribution < 1.29 is 29.3 Å². The Morgan fingerprint density at radius 1 is 1.02 bits per heavy atom. The van der Waals surface area contributed by atoms with Crippen LogP contribution in [0.25, 0.3) is 0 Å². The van der Waals surface area contributed by atoms with Crippen molar-refractivity contribution in [1.82, 2.24) is 15.5 Å². The lowest BCUT2D eigenvalue weighted by Crippen LogP contribution is -2.58. The van der Waals surface area contributed by atoms with Crippen molar-refractivity contribution in [3.8, 4) is 11.5 Å². The number of phenols is 1. The second-order valence-corrected chi connectivity index (χ2v) is 13.3.